The minimum atomic E-state index is -0.718. The fraction of sp³-hybridized carbons (Fsp3) is 0.333. The van der Waals surface area contributed by atoms with Crippen molar-refractivity contribution < 1.29 is 14.5 Å². The van der Waals surface area contributed by atoms with E-state index in [1.165, 1.54) is 23.1 Å². The fourth-order valence-electron chi connectivity index (χ4n) is 2.59. The van der Waals surface area contributed by atoms with E-state index in [-0.39, 0.29) is 29.4 Å². The van der Waals surface area contributed by atoms with Crippen LogP contribution in [0.4, 0.5) is 11.4 Å². The molecular formula is C15H17N3O4. The van der Waals surface area contributed by atoms with Gasteiger partial charge in [0.1, 0.15) is 6.04 Å². The summed E-state index contributed by atoms with van der Waals surface area (Å²) in [7, 11) is 3.40. The maximum absolute atomic E-state index is 12.6. The Morgan fingerprint density at radius 3 is 2.59 bits per heavy atom. The van der Waals surface area contributed by atoms with Gasteiger partial charge >= 0.3 is 0 Å². The first-order valence-corrected chi connectivity index (χ1v) is 6.80. The summed E-state index contributed by atoms with van der Waals surface area (Å²) in [6.45, 7) is 5.59. The molecule has 1 aliphatic heterocycles. The minimum Gasteiger partial charge on any atom is -0.295 e. The number of carbonyl (C=O) groups is 2. The van der Waals surface area contributed by atoms with E-state index >= 15 is 0 Å². The number of nitrogens with zero attached hydrogens (tertiary/aromatic N) is 3. The minimum absolute atomic E-state index is 0.169. The summed E-state index contributed by atoms with van der Waals surface area (Å²) in [5, 5.41) is 10.9. The standard InChI is InChI=1S/C15H17N3O4/c1-5-13(19)17-9(2)14(16(3)4)15(20)11-8-10(18(21)22)6-7-12(11)17/h6-8,14H,2,5H2,1,3-4H3. The monoisotopic (exact) mass is 303 g/mol. The maximum atomic E-state index is 12.6. The summed E-state index contributed by atoms with van der Waals surface area (Å²) in [5.41, 5.74) is 0.705. The lowest BCUT2D eigenvalue weighted by atomic mass is 9.92. The first kappa shape index (κ1) is 15.8. The van der Waals surface area contributed by atoms with Crippen molar-refractivity contribution in [1.29, 1.82) is 0 Å². The van der Waals surface area contributed by atoms with E-state index in [0.29, 0.717) is 11.4 Å². The van der Waals surface area contributed by atoms with Gasteiger partial charge in [-0.1, -0.05) is 13.5 Å². The summed E-state index contributed by atoms with van der Waals surface area (Å²) < 4.78 is 0. The molecule has 1 unspecified atom stereocenters. The number of amides is 1. The number of non-ortho nitro benzene ring substituents is 1. The van der Waals surface area contributed by atoms with Gasteiger partial charge in [-0.15, -0.1) is 0 Å². The largest absolute Gasteiger partial charge is 0.295 e. The highest BCUT2D eigenvalue weighted by Crippen LogP contribution is 2.36. The number of fused-ring (bicyclic) bond motifs is 1. The third kappa shape index (κ3) is 2.39. The van der Waals surface area contributed by atoms with Crippen molar-refractivity contribution in [1.82, 2.24) is 4.90 Å². The first-order chi connectivity index (χ1) is 10.3. The van der Waals surface area contributed by atoms with Gasteiger partial charge < -0.3 is 0 Å². The molecule has 1 aromatic rings. The van der Waals surface area contributed by atoms with E-state index in [2.05, 4.69) is 6.58 Å². The van der Waals surface area contributed by atoms with Crippen LogP contribution in [0.25, 0.3) is 0 Å². The Labute approximate surface area is 128 Å². The number of hydrogen-bond acceptors (Lipinski definition) is 5. The van der Waals surface area contributed by atoms with Crippen LogP contribution < -0.4 is 4.90 Å². The van der Waals surface area contributed by atoms with Gasteiger partial charge in [0, 0.05) is 24.3 Å². The average Bonchev–Trinajstić information content (AvgIpc) is 2.46. The van der Waals surface area contributed by atoms with Crippen molar-refractivity contribution in [2.45, 2.75) is 19.4 Å². The predicted octanol–water partition coefficient (Wildman–Crippen LogP) is 1.98. The van der Waals surface area contributed by atoms with E-state index in [1.54, 1.807) is 25.9 Å². The van der Waals surface area contributed by atoms with Gasteiger partial charge in [-0.3, -0.25) is 29.5 Å². The van der Waals surface area contributed by atoms with Crippen LogP contribution in [0.2, 0.25) is 0 Å². The number of Topliss-reactive ketones (excluding diaryl/α,β-unsaturated/α-hetero) is 1. The Hall–Kier alpha value is -2.54. The van der Waals surface area contributed by atoms with Gasteiger partial charge in [-0.25, -0.2) is 0 Å². The summed E-state index contributed by atoms with van der Waals surface area (Å²) >= 11 is 0. The van der Waals surface area contributed by atoms with Crippen molar-refractivity contribution in [3.63, 3.8) is 0 Å². The second kappa shape index (κ2) is 5.69. The van der Waals surface area contributed by atoms with Crippen LogP contribution in [0.15, 0.2) is 30.5 Å². The number of anilines is 1. The molecule has 22 heavy (non-hydrogen) atoms. The molecule has 0 aromatic heterocycles. The molecular weight excluding hydrogens is 286 g/mol. The van der Waals surface area contributed by atoms with E-state index in [9.17, 15) is 19.7 Å². The molecule has 0 bridgehead atoms. The Kier molecular flexibility index (Phi) is 4.09. The normalized spacial score (nSPS) is 17.6. The molecule has 1 atom stereocenters. The predicted molar refractivity (Wildman–Crippen MR) is 81.8 cm³/mol. The number of nitro groups is 1. The highest BCUT2D eigenvalue weighted by atomic mass is 16.6. The summed E-state index contributed by atoms with van der Waals surface area (Å²) in [6.07, 6.45) is 0.240. The topological polar surface area (TPSA) is 83.8 Å². The zero-order valence-electron chi connectivity index (χ0n) is 12.7. The lowest BCUT2D eigenvalue weighted by molar-refractivity contribution is -0.384. The van der Waals surface area contributed by atoms with Crippen molar-refractivity contribution in [2.24, 2.45) is 0 Å². The van der Waals surface area contributed by atoms with Gasteiger partial charge in [0.25, 0.3) is 5.69 Å². The van der Waals surface area contributed by atoms with E-state index in [1.807, 2.05) is 0 Å². The van der Waals surface area contributed by atoms with E-state index < -0.39 is 11.0 Å². The molecule has 0 spiro atoms. The van der Waals surface area contributed by atoms with Gasteiger partial charge in [0.2, 0.25) is 5.91 Å². The number of carbonyl (C=O) groups excluding carboxylic acids is 2. The van der Waals surface area contributed by atoms with Gasteiger partial charge in [-0.2, -0.15) is 0 Å². The van der Waals surface area contributed by atoms with Crippen LogP contribution >= 0.6 is 0 Å². The average molecular weight is 303 g/mol. The lowest BCUT2D eigenvalue weighted by Gasteiger charge is -2.38. The second-order valence-corrected chi connectivity index (χ2v) is 5.26. The third-order valence-corrected chi connectivity index (χ3v) is 3.62. The molecule has 7 nitrogen and oxygen atoms in total. The van der Waals surface area contributed by atoms with Crippen molar-refractivity contribution in [2.75, 3.05) is 19.0 Å². The molecule has 0 saturated heterocycles. The molecule has 0 fully saturated rings. The van der Waals surface area contributed by atoms with Crippen LogP contribution in [0.1, 0.15) is 23.7 Å². The number of benzene rings is 1. The molecule has 0 saturated carbocycles. The molecule has 1 aliphatic rings. The maximum Gasteiger partial charge on any atom is 0.270 e. The molecule has 0 N–H and O–H groups in total. The van der Waals surface area contributed by atoms with Crippen molar-refractivity contribution in [3.05, 3.63) is 46.2 Å². The number of nitro benzene ring substituents is 1. The van der Waals surface area contributed by atoms with Crippen LogP contribution in [0.3, 0.4) is 0 Å². The molecule has 1 amide bonds. The smallest absolute Gasteiger partial charge is 0.270 e. The van der Waals surface area contributed by atoms with Gasteiger partial charge in [0.15, 0.2) is 5.78 Å². The van der Waals surface area contributed by atoms with Gasteiger partial charge in [-0.05, 0) is 20.2 Å². The van der Waals surface area contributed by atoms with E-state index in [4.69, 9.17) is 0 Å². The summed E-state index contributed by atoms with van der Waals surface area (Å²) in [5.74, 6) is -0.506. The molecule has 0 radical (unpaired) electrons. The zero-order valence-corrected chi connectivity index (χ0v) is 12.7. The molecule has 7 heteroatoms. The molecule has 1 heterocycles. The van der Waals surface area contributed by atoms with Crippen LogP contribution in [0, 0.1) is 10.1 Å². The number of rotatable bonds is 3. The van der Waals surface area contributed by atoms with Crippen LogP contribution in [-0.2, 0) is 4.79 Å². The Morgan fingerprint density at radius 2 is 2.09 bits per heavy atom. The van der Waals surface area contributed by atoms with E-state index in [0.717, 1.165) is 0 Å². The SMILES string of the molecule is C=C1C(N(C)C)C(=O)c2cc([N+](=O)[O-])ccc2N1C(=O)CC. The second-order valence-electron chi connectivity index (χ2n) is 5.26. The summed E-state index contributed by atoms with van der Waals surface area (Å²) in [4.78, 5) is 38.3. The molecule has 1 aromatic carbocycles. The highest BCUT2D eigenvalue weighted by molar-refractivity contribution is 6.15. The fourth-order valence-corrected chi connectivity index (χ4v) is 2.59. The molecule has 116 valence electrons. The van der Waals surface area contributed by atoms with Crippen LogP contribution in [0.5, 0.6) is 0 Å². The van der Waals surface area contributed by atoms with Crippen LogP contribution in [-0.4, -0.2) is 41.7 Å². The van der Waals surface area contributed by atoms with Gasteiger partial charge in [0.05, 0.1) is 16.2 Å². The first-order valence-electron chi connectivity index (χ1n) is 6.80. The Balaban J connectivity index is 2.68. The Bertz CT molecular complexity index is 681. The van der Waals surface area contributed by atoms with Crippen molar-refractivity contribution in [3.8, 4) is 0 Å². The Morgan fingerprint density at radius 1 is 1.45 bits per heavy atom. The number of likely N-dealkylation sites (N-methyl/N-ethyl adjacent to an activating group) is 1. The number of ketones is 1. The quantitative estimate of drug-likeness (QED) is 0.629. The molecule has 2 rings (SSSR count). The lowest BCUT2D eigenvalue weighted by Crippen LogP contribution is -2.49. The number of hydrogen-bond donors (Lipinski definition) is 0. The molecule has 0 aliphatic carbocycles. The van der Waals surface area contributed by atoms with Crippen molar-refractivity contribution >= 4 is 23.1 Å². The summed E-state index contributed by atoms with van der Waals surface area (Å²) in [6, 6.07) is 3.21. The third-order valence-electron chi connectivity index (χ3n) is 3.62. The highest BCUT2D eigenvalue weighted by Gasteiger charge is 2.39. The zero-order chi connectivity index (χ0) is 16.6.